The number of rotatable bonds is 3. The van der Waals surface area contributed by atoms with Crippen molar-refractivity contribution in [2.24, 2.45) is 28.6 Å². The molecule has 1 aromatic carbocycles. The molecule has 30 heavy (non-hydrogen) atoms. The molecule has 0 heterocycles. The topological polar surface area (TPSA) is 38.3 Å². The Hall–Kier alpha value is -2.03. The van der Waals surface area contributed by atoms with Crippen molar-refractivity contribution in [1.29, 1.82) is 0 Å². The lowest BCUT2D eigenvalue weighted by Crippen LogP contribution is -2.50. The predicted molar refractivity (Wildman–Crippen MR) is 121 cm³/mol. The van der Waals surface area contributed by atoms with Crippen LogP contribution in [0, 0.1) is 28.6 Å². The highest BCUT2D eigenvalue weighted by atomic mass is 16.5. The standard InChI is InChI=1S/C27H35NO2/c1-18(29)30-21-13-15-26(2)19(17-21)9-10-22-23-11-12-25(27(23,3)16-14-24(22)26)28-20-7-5-4-6-8-20/h4-9,12,21-24,28H,10-11,13-17H2,1-3H3/t21-,22?,23?,24?,26-,27-/m0/s1. The number of benzene rings is 1. The summed E-state index contributed by atoms with van der Waals surface area (Å²) in [6, 6.07) is 10.6. The van der Waals surface area contributed by atoms with E-state index >= 15 is 0 Å². The third-order valence-electron chi connectivity index (χ3n) is 9.02. The number of fused-ring (bicyclic) bond motifs is 5. The molecule has 0 radical (unpaired) electrons. The Kier molecular flexibility index (Phi) is 4.83. The van der Waals surface area contributed by atoms with Crippen molar-refractivity contribution in [1.82, 2.24) is 0 Å². The van der Waals surface area contributed by atoms with Crippen LogP contribution in [0.3, 0.4) is 0 Å². The maximum Gasteiger partial charge on any atom is 0.302 e. The minimum absolute atomic E-state index is 0.0852. The van der Waals surface area contributed by atoms with Crippen molar-refractivity contribution in [2.45, 2.75) is 71.8 Å². The van der Waals surface area contributed by atoms with E-state index in [1.54, 1.807) is 5.57 Å². The summed E-state index contributed by atoms with van der Waals surface area (Å²) in [7, 11) is 0. The molecule has 3 unspecified atom stereocenters. The zero-order chi connectivity index (χ0) is 20.9. The van der Waals surface area contributed by atoms with Gasteiger partial charge in [-0.3, -0.25) is 4.79 Å². The minimum Gasteiger partial charge on any atom is -0.462 e. The quantitative estimate of drug-likeness (QED) is 0.461. The second kappa shape index (κ2) is 7.28. The lowest BCUT2D eigenvalue weighted by Gasteiger charge is -2.57. The average molecular weight is 406 g/mol. The number of ether oxygens (including phenoxy) is 1. The number of nitrogens with one attached hydrogen (secondary N) is 1. The van der Waals surface area contributed by atoms with Crippen LogP contribution < -0.4 is 5.32 Å². The lowest BCUT2D eigenvalue weighted by molar-refractivity contribution is -0.148. The Labute approximate surface area is 181 Å². The van der Waals surface area contributed by atoms with Gasteiger partial charge >= 0.3 is 5.97 Å². The third-order valence-corrected chi connectivity index (χ3v) is 9.02. The van der Waals surface area contributed by atoms with Crippen LogP contribution in [-0.4, -0.2) is 12.1 Å². The molecule has 0 aromatic heterocycles. The maximum atomic E-state index is 11.4. The van der Waals surface area contributed by atoms with Gasteiger partial charge in [-0.2, -0.15) is 0 Å². The van der Waals surface area contributed by atoms with Gasteiger partial charge in [0, 0.05) is 30.1 Å². The summed E-state index contributed by atoms with van der Waals surface area (Å²) in [6.07, 6.45) is 13.2. The normalized spacial score (nSPS) is 39.7. The zero-order valence-electron chi connectivity index (χ0n) is 18.6. The van der Waals surface area contributed by atoms with E-state index in [4.69, 9.17) is 4.74 Å². The summed E-state index contributed by atoms with van der Waals surface area (Å²) in [5, 5.41) is 3.76. The first-order valence-electron chi connectivity index (χ1n) is 11.8. The van der Waals surface area contributed by atoms with Crippen LogP contribution in [0.4, 0.5) is 5.69 Å². The van der Waals surface area contributed by atoms with Crippen LogP contribution in [0.15, 0.2) is 53.8 Å². The molecule has 2 saturated carbocycles. The summed E-state index contributed by atoms with van der Waals surface area (Å²) in [5.74, 6) is 2.11. The molecule has 0 saturated heterocycles. The molecule has 3 heteroatoms. The number of hydrogen-bond acceptors (Lipinski definition) is 3. The van der Waals surface area contributed by atoms with Crippen LogP contribution >= 0.6 is 0 Å². The Bertz CT molecular complexity index is 887. The Morgan fingerprint density at radius 2 is 1.77 bits per heavy atom. The molecular weight excluding hydrogens is 370 g/mol. The van der Waals surface area contributed by atoms with Crippen molar-refractivity contribution in [3.63, 3.8) is 0 Å². The molecule has 6 atom stereocenters. The van der Waals surface area contributed by atoms with E-state index in [1.807, 2.05) is 0 Å². The second-order valence-electron chi connectivity index (χ2n) is 10.5. The summed E-state index contributed by atoms with van der Waals surface area (Å²) in [6.45, 7) is 6.55. The summed E-state index contributed by atoms with van der Waals surface area (Å²) in [4.78, 5) is 11.4. The van der Waals surface area contributed by atoms with Gasteiger partial charge in [0.05, 0.1) is 0 Å². The first-order chi connectivity index (χ1) is 14.4. The molecule has 2 fully saturated rings. The van der Waals surface area contributed by atoms with E-state index in [9.17, 15) is 4.79 Å². The van der Waals surface area contributed by atoms with Gasteiger partial charge in [-0.25, -0.2) is 0 Å². The van der Waals surface area contributed by atoms with Gasteiger partial charge in [0.1, 0.15) is 6.10 Å². The lowest BCUT2D eigenvalue weighted by atomic mass is 9.48. The zero-order valence-corrected chi connectivity index (χ0v) is 18.6. The van der Waals surface area contributed by atoms with Crippen molar-refractivity contribution in [3.8, 4) is 0 Å². The van der Waals surface area contributed by atoms with E-state index in [-0.39, 0.29) is 22.9 Å². The van der Waals surface area contributed by atoms with Crippen molar-refractivity contribution in [3.05, 3.63) is 53.8 Å². The highest BCUT2D eigenvalue weighted by Crippen LogP contribution is 2.65. The van der Waals surface area contributed by atoms with Gasteiger partial charge in [0.2, 0.25) is 0 Å². The van der Waals surface area contributed by atoms with Gasteiger partial charge in [0.25, 0.3) is 0 Å². The Morgan fingerprint density at radius 1 is 1.00 bits per heavy atom. The van der Waals surface area contributed by atoms with Gasteiger partial charge in [-0.1, -0.05) is 49.8 Å². The molecule has 0 spiro atoms. The van der Waals surface area contributed by atoms with Gasteiger partial charge < -0.3 is 10.1 Å². The first-order valence-corrected chi connectivity index (χ1v) is 11.8. The van der Waals surface area contributed by atoms with Crippen LogP contribution in [0.2, 0.25) is 0 Å². The van der Waals surface area contributed by atoms with Gasteiger partial charge in [-0.05, 0) is 73.8 Å². The molecule has 3 nitrogen and oxygen atoms in total. The summed E-state index contributed by atoms with van der Waals surface area (Å²) in [5.41, 5.74) is 4.76. The number of carbonyl (C=O) groups excluding carboxylic acids is 1. The number of esters is 1. The fourth-order valence-electron chi connectivity index (χ4n) is 7.40. The van der Waals surface area contributed by atoms with Crippen molar-refractivity contribution in [2.75, 3.05) is 5.32 Å². The average Bonchev–Trinajstić information content (AvgIpc) is 3.05. The van der Waals surface area contributed by atoms with Crippen LogP contribution in [0.1, 0.15) is 65.7 Å². The molecule has 1 aromatic rings. The Balaban J connectivity index is 1.36. The summed E-state index contributed by atoms with van der Waals surface area (Å²) >= 11 is 0. The SMILES string of the molecule is CC(=O)O[C@H]1CC[C@@]2(C)C(=CCC3C2CC[C@]2(C)C(Nc4ccccc4)=CCC32)C1. The fourth-order valence-corrected chi connectivity index (χ4v) is 7.40. The number of carbonyl (C=O) groups is 1. The number of para-hydroxylation sites is 1. The monoisotopic (exact) mass is 405 g/mol. The van der Waals surface area contributed by atoms with Crippen molar-refractivity contribution >= 4 is 11.7 Å². The maximum absolute atomic E-state index is 11.4. The van der Waals surface area contributed by atoms with Crippen molar-refractivity contribution < 1.29 is 9.53 Å². The van der Waals surface area contributed by atoms with Crippen LogP contribution in [0.25, 0.3) is 0 Å². The minimum atomic E-state index is -0.137. The molecule has 5 rings (SSSR count). The van der Waals surface area contributed by atoms with Crippen LogP contribution in [0.5, 0.6) is 0 Å². The molecule has 0 amide bonds. The molecule has 0 aliphatic heterocycles. The van der Waals surface area contributed by atoms with Gasteiger partial charge in [0.15, 0.2) is 0 Å². The molecule has 4 aliphatic carbocycles. The smallest absolute Gasteiger partial charge is 0.302 e. The predicted octanol–water partition coefficient (Wildman–Crippen LogP) is 6.49. The molecule has 0 bridgehead atoms. The highest BCUT2D eigenvalue weighted by molar-refractivity contribution is 5.66. The fraction of sp³-hybridized carbons (Fsp3) is 0.593. The van der Waals surface area contributed by atoms with E-state index in [0.717, 1.165) is 37.0 Å². The molecule has 1 N–H and O–H groups in total. The second-order valence-corrected chi connectivity index (χ2v) is 10.5. The number of allylic oxidation sites excluding steroid dienone is 3. The molecule has 4 aliphatic rings. The highest BCUT2D eigenvalue weighted by Gasteiger charge is 2.57. The number of hydrogen-bond donors (Lipinski definition) is 1. The number of anilines is 1. The van der Waals surface area contributed by atoms with E-state index in [1.165, 1.54) is 44.0 Å². The van der Waals surface area contributed by atoms with E-state index in [0.29, 0.717) is 0 Å². The first kappa shape index (κ1) is 19.9. The Morgan fingerprint density at radius 3 is 2.53 bits per heavy atom. The molecular formula is C27H35NO2. The largest absolute Gasteiger partial charge is 0.462 e. The van der Waals surface area contributed by atoms with Gasteiger partial charge in [-0.15, -0.1) is 0 Å². The van der Waals surface area contributed by atoms with E-state index in [2.05, 4.69) is 61.6 Å². The third kappa shape index (κ3) is 3.13. The molecule has 160 valence electrons. The van der Waals surface area contributed by atoms with Crippen LogP contribution in [-0.2, 0) is 9.53 Å². The summed E-state index contributed by atoms with van der Waals surface area (Å²) < 4.78 is 5.58. The van der Waals surface area contributed by atoms with E-state index < -0.39 is 0 Å².